The first kappa shape index (κ1) is 20.8. The zero-order valence-electron chi connectivity index (χ0n) is 17.5. The Morgan fingerprint density at radius 1 is 1.29 bits per heavy atom. The molecule has 1 amide bonds. The normalized spacial score (nSPS) is 20.4. The molecule has 1 saturated carbocycles. The number of carboxylic acid groups (broad SMARTS) is 1. The Morgan fingerprint density at radius 3 is 2.61 bits per heavy atom. The third-order valence-electron chi connectivity index (χ3n) is 5.93. The first-order chi connectivity index (χ1) is 14.6. The topological polar surface area (TPSA) is 125 Å². The molecule has 0 saturated heterocycles. The summed E-state index contributed by atoms with van der Waals surface area (Å²) in [4.78, 5) is 21.5. The number of fused-ring (bicyclic) bond motifs is 1. The summed E-state index contributed by atoms with van der Waals surface area (Å²) < 4.78 is 15.2. The SMILES string of the molecule is CNc1cncc(-c2cc3cc(N(C(=O)O)C4CC(C)(O)C4)ncc3c(N)c2F)c1C. The molecule has 2 aromatic heterocycles. The van der Waals surface area contributed by atoms with Crippen molar-refractivity contribution < 1.29 is 19.4 Å². The summed E-state index contributed by atoms with van der Waals surface area (Å²) in [5, 5.41) is 23.7. The Hall–Kier alpha value is -3.46. The van der Waals surface area contributed by atoms with Crippen molar-refractivity contribution in [2.45, 2.75) is 38.3 Å². The number of nitrogens with one attached hydrogen (secondary N) is 1. The lowest BCUT2D eigenvalue weighted by Crippen LogP contribution is -2.55. The van der Waals surface area contributed by atoms with Crippen LogP contribution in [0.1, 0.15) is 25.3 Å². The fourth-order valence-corrected chi connectivity index (χ4v) is 4.24. The van der Waals surface area contributed by atoms with Crippen molar-refractivity contribution in [3.8, 4) is 11.1 Å². The van der Waals surface area contributed by atoms with Gasteiger partial charge in [-0.1, -0.05) is 0 Å². The van der Waals surface area contributed by atoms with Gasteiger partial charge in [-0.2, -0.15) is 0 Å². The van der Waals surface area contributed by atoms with Gasteiger partial charge in [0.2, 0.25) is 0 Å². The summed E-state index contributed by atoms with van der Waals surface area (Å²) in [6.07, 6.45) is 4.08. The van der Waals surface area contributed by atoms with E-state index in [0.717, 1.165) is 16.2 Å². The fraction of sp³-hybridized carbons (Fsp3) is 0.318. The van der Waals surface area contributed by atoms with Gasteiger partial charge in [-0.05, 0) is 49.8 Å². The number of pyridine rings is 2. The molecule has 162 valence electrons. The molecule has 0 unspecified atom stereocenters. The minimum Gasteiger partial charge on any atom is -0.465 e. The maximum Gasteiger partial charge on any atom is 0.413 e. The molecule has 9 heteroatoms. The minimum absolute atomic E-state index is 0.0609. The highest BCUT2D eigenvalue weighted by Crippen LogP contribution is 2.40. The van der Waals surface area contributed by atoms with E-state index in [1.165, 1.54) is 6.20 Å². The second-order valence-corrected chi connectivity index (χ2v) is 8.24. The molecule has 1 fully saturated rings. The van der Waals surface area contributed by atoms with Gasteiger partial charge in [-0.3, -0.25) is 9.88 Å². The van der Waals surface area contributed by atoms with Crippen molar-refractivity contribution in [1.82, 2.24) is 9.97 Å². The zero-order valence-corrected chi connectivity index (χ0v) is 17.5. The number of aliphatic hydroxyl groups is 1. The van der Waals surface area contributed by atoms with Crippen molar-refractivity contribution in [3.63, 3.8) is 0 Å². The van der Waals surface area contributed by atoms with E-state index in [1.807, 2.05) is 6.92 Å². The van der Waals surface area contributed by atoms with Crippen LogP contribution >= 0.6 is 0 Å². The average Bonchev–Trinajstić information content (AvgIpc) is 2.69. The molecule has 0 spiro atoms. The highest BCUT2D eigenvalue weighted by atomic mass is 19.1. The van der Waals surface area contributed by atoms with Gasteiger partial charge in [0, 0.05) is 42.0 Å². The number of halogens is 1. The third-order valence-corrected chi connectivity index (χ3v) is 5.93. The molecule has 0 bridgehead atoms. The van der Waals surface area contributed by atoms with Crippen LogP contribution in [0.5, 0.6) is 0 Å². The number of nitrogens with zero attached hydrogens (tertiary/aromatic N) is 3. The lowest BCUT2D eigenvalue weighted by molar-refractivity contribution is -0.0300. The van der Waals surface area contributed by atoms with Crippen LogP contribution in [0.15, 0.2) is 30.7 Å². The largest absolute Gasteiger partial charge is 0.465 e. The monoisotopic (exact) mass is 425 g/mol. The molecule has 2 heterocycles. The van der Waals surface area contributed by atoms with Crippen molar-refractivity contribution in [1.29, 1.82) is 0 Å². The molecule has 1 aliphatic carbocycles. The highest BCUT2D eigenvalue weighted by Gasteiger charge is 2.44. The van der Waals surface area contributed by atoms with Gasteiger partial charge in [0.1, 0.15) is 5.82 Å². The van der Waals surface area contributed by atoms with Crippen LogP contribution in [-0.2, 0) is 0 Å². The summed E-state index contributed by atoms with van der Waals surface area (Å²) in [7, 11) is 1.76. The quantitative estimate of drug-likeness (QED) is 0.469. The number of hydrogen-bond donors (Lipinski definition) is 4. The zero-order chi connectivity index (χ0) is 22.5. The summed E-state index contributed by atoms with van der Waals surface area (Å²) >= 11 is 0. The first-order valence-electron chi connectivity index (χ1n) is 9.88. The number of nitrogens with two attached hydrogens (primary N) is 1. The summed E-state index contributed by atoms with van der Waals surface area (Å²) in [6, 6.07) is 2.83. The molecule has 1 aliphatic rings. The van der Waals surface area contributed by atoms with Crippen LogP contribution in [-0.4, -0.2) is 45.0 Å². The molecule has 4 rings (SSSR count). The van der Waals surface area contributed by atoms with Crippen LogP contribution in [0.3, 0.4) is 0 Å². The molecule has 0 atom stereocenters. The Labute approximate surface area is 178 Å². The predicted molar refractivity (Wildman–Crippen MR) is 118 cm³/mol. The lowest BCUT2D eigenvalue weighted by atomic mass is 9.76. The summed E-state index contributed by atoms with van der Waals surface area (Å²) in [5.74, 6) is -0.374. The number of carbonyl (C=O) groups is 1. The fourth-order valence-electron chi connectivity index (χ4n) is 4.24. The number of rotatable bonds is 4. The molecule has 0 radical (unpaired) electrons. The Bertz CT molecular complexity index is 1190. The molecule has 3 aromatic rings. The smallest absolute Gasteiger partial charge is 0.413 e. The summed E-state index contributed by atoms with van der Waals surface area (Å²) in [6.45, 7) is 3.53. The van der Waals surface area contributed by atoms with E-state index in [2.05, 4.69) is 15.3 Å². The van der Waals surface area contributed by atoms with Crippen LogP contribution in [0.25, 0.3) is 21.9 Å². The number of aromatic nitrogens is 2. The molecule has 8 nitrogen and oxygen atoms in total. The van der Waals surface area contributed by atoms with Gasteiger partial charge >= 0.3 is 6.09 Å². The number of nitrogen functional groups attached to an aromatic ring is 1. The van der Waals surface area contributed by atoms with E-state index in [-0.39, 0.29) is 23.1 Å². The molecular formula is C22H24FN5O3. The Morgan fingerprint density at radius 2 is 2.00 bits per heavy atom. The van der Waals surface area contributed by atoms with Gasteiger partial charge < -0.3 is 21.3 Å². The second kappa shape index (κ2) is 7.35. The van der Waals surface area contributed by atoms with Crippen LogP contribution in [0.4, 0.5) is 26.4 Å². The van der Waals surface area contributed by atoms with E-state index in [0.29, 0.717) is 29.2 Å². The molecule has 31 heavy (non-hydrogen) atoms. The molecule has 1 aromatic carbocycles. The first-order valence-corrected chi connectivity index (χ1v) is 9.88. The number of hydrogen-bond acceptors (Lipinski definition) is 6. The average molecular weight is 425 g/mol. The van der Waals surface area contributed by atoms with Crippen molar-refractivity contribution in [2.75, 3.05) is 23.0 Å². The number of benzene rings is 1. The minimum atomic E-state index is -1.16. The number of anilines is 3. The van der Waals surface area contributed by atoms with Crippen LogP contribution in [0, 0.1) is 12.7 Å². The molecule has 5 N–H and O–H groups in total. The van der Waals surface area contributed by atoms with E-state index >= 15 is 4.39 Å². The Balaban J connectivity index is 1.85. The van der Waals surface area contributed by atoms with Gasteiger partial charge in [0.05, 0.1) is 23.2 Å². The van der Waals surface area contributed by atoms with E-state index < -0.39 is 17.5 Å². The van der Waals surface area contributed by atoms with Crippen molar-refractivity contribution in [3.05, 3.63) is 42.1 Å². The van der Waals surface area contributed by atoms with E-state index in [1.54, 1.807) is 38.5 Å². The van der Waals surface area contributed by atoms with Gasteiger partial charge in [-0.25, -0.2) is 14.2 Å². The van der Waals surface area contributed by atoms with Crippen LogP contribution < -0.4 is 16.0 Å². The molecule has 0 aliphatic heterocycles. The lowest BCUT2D eigenvalue weighted by Gasteiger charge is -2.45. The van der Waals surface area contributed by atoms with Crippen molar-refractivity contribution >= 4 is 34.1 Å². The summed E-state index contributed by atoms with van der Waals surface area (Å²) in [5.41, 5.74) is 7.57. The second-order valence-electron chi connectivity index (χ2n) is 8.24. The predicted octanol–water partition coefficient (Wildman–Crippen LogP) is 3.77. The molecular weight excluding hydrogens is 401 g/mol. The third kappa shape index (κ3) is 3.50. The maximum absolute atomic E-state index is 15.2. The number of amides is 1. The van der Waals surface area contributed by atoms with Gasteiger partial charge in [0.25, 0.3) is 0 Å². The van der Waals surface area contributed by atoms with Crippen LogP contribution in [0.2, 0.25) is 0 Å². The Kier molecular flexibility index (Phi) is 4.93. The van der Waals surface area contributed by atoms with E-state index in [9.17, 15) is 15.0 Å². The maximum atomic E-state index is 15.2. The highest BCUT2D eigenvalue weighted by molar-refractivity contribution is 5.99. The van der Waals surface area contributed by atoms with Crippen molar-refractivity contribution in [2.24, 2.45) is 0 Å². The standard InChI is InChI=1S/C22H24FN5O3/c1-11-15(8-26-10-17(11)25-3)14-4-12-5-18(27-9-16(12)20(24)19(14)23)28(21(29)30)13-6-22(2,31)7-13/h4-5,8-10,13,25,31H,6-7,24H2,1-3H3,(H,29,30). The van der Waals surface area contributed by atoms with Gasteiger partial charge in [-0.15, -0.1) is 0 Å². The van der Waals surface area contributed by atoms with Gasteiger partial charge in [0.15, 0.2) is 5.82 Å². The van der Waals surface area contributed by atoms with E-state index in [4.69, 9.17) is 5.73 Å².